The average molecular weight is 287 g/mol. The van der Waals surface area contributed by atoms with Crippen LogP contribution < -0.4 is 11.1 Å². The summed E-state index contributed by atoms with van der Waals surface area (Å²) in [6.07, 6.45) is 2.83. The standard InChI is InChI=1S/C14H20ClFN2O/c1-2-3-5-10(9-17)18-14(19)8-11-12(15)6-4-7-13(11)16/h4,6-7,10H,2-3,5,8-9,17H2,1H3,(H,18,19). The van der Waals surface area contributed by atoms with Crippen LogP contribution >= 0.6 is 11.6 Å². The summed E-state index contributed by atoms with van der Waals surface area (Å²) in [5.74, 6) is -0.709. The summed E-state index contributed by atoms with van der Waals surface area (Å²) in [4.78, 5) is 11.9. The monoisotopic (exact) mass is 286 g/mol. The van der Waals surface area contributed by atoms with Crippen molar-refractivity contribution in [3.8, 4) is 0 Å². The van der Waals surface area contributed by atoms with Gasteiger partial charge in [0.2, 0.25) is 5.91 Å². The van der Waals surface area contributed by atoms with E-state index in [1.165, 1.54) is 12.1 Å². The second kappa shape index (κ2) is 8.12. The molecule has 5 heteroatoms. The number of amides is 1. The predicted molar refractivity (Wildman–Crippen MR) is 75.6 cm³/mol. The zero-order valence-corrected chi connectivity index (χ0v) is 11.8. The minimum atomic E-state index is -0.458. The molecule has 19 heavy (non-hydrogen) atoms. The number of unbranched alkanes of at least 4 members (excludes halogenated alkanes) is 1. The molecule has 0 aliphatic heterocycles. The lowest BCUT2D eigenvalue weighted by Gasteiger charge is -2.16. The minimum Gasteiger partial charge on any atom is -0.352 e. The fourth-order valence-electron chi connectivity index (χ4n) is 1.84. The molecule has 1 rings (SSSR count). The highest BCUT2D eigenvalue weighted by Gasteiger charge is 2.14. The van der Waals surface area contributed by atoms with Gasteiger partial charge in [-0.3, -0.25) is 4.79 Å². The van der Waals surface area contributed by atoms with Crippen molar-refractivity contribution >= 4 is 17.5 Å². The van der Waals surface area contributed by atoms with Crippen LogP contribution in [0.5, 0.6) is 0 Å². The van der Waals surface area contributed by atoms with Crippen molar-refractivity contribution in [3.63, 3.8) is 0 Å². The van der Waals surface area contributed by atoms with Gasteiger partial charge in [0, 0.05) is 23.2 Å². The van der Waals surface area contributed by atoms with Crippen LogP contribution in [0.25, 0.3) is 0 Å². The van der Waals surface area contributed by atoms with E-state index < -0.39 is 5.82 Å². The Bertz CT molecular complexity index is 406. The van der Waals surface area contributed by atoms with E-state index in [4.69, 9.17) is 17.3 Å². The average Bonchev–Trinajstić information content (AvgIpc) is 2.39. The van der Waals surface area contributed by atoms with Crippen molar-refractivity contribution in [1.82, 2.24) is 5.32 Å². The van der Waals surface area contributed by atoms with Crippen molar-refractivity contribution in [3.05, 3.63) is 34.6 Å². The quantitative estimate of drug-likeness (QED) is 0.810. The van der Waals surface area contributed by atoms with Crippen LogP contribution in [0.2, 0.25) is 5.02 Å². The third kappa shape index (κ3) is 5.17. The Labute approximate surface area is 118 Å². The Balaban J connectivity index is 2.59. The summed E-state index contributed by atoms with van der Waals surface area (Å²) in [5, 5.41) is 3.09. The Morgan fingerprint density at radius 1 is 1.53 bits per heavy atom. The van der Waals surface area contributed by atoms with Gasteiger partial charge < -0.3 is 11.1 Å². The number of halogens is 2. The molecule has 106 valence electrons. The molecule has 0 saturated carbocycles. The summed E-state index contributed by atoms with van der Waals surface area (Å²) < 4.78 is 13.5. The highest BCUT2D eigenvalue weighted by molar-refractivity contribution is 6.31. The molecule has 0 saturated heterocycles. The highest BCUT2D eigenvalue weighted by atomic mass is 35.5. The van der Waals surface area contributed by atoms with Gasteiger partial charge >= 0.3 is 0 Å². The zero-order valence-electron chi connectivity index (χ0n) is 11.1. The van der Waals surface area contributed by atoms with E-state index in [0.717, 1.165) is 19.3 Å². The summed E-state index contributed by atoms with van der Waals surface area (Å²) >= 11 is 5.88. The van der Waals surface area contributed by atoms with Gasteiger partial charge in [-0.15, -0.1) is 0 Å². The number of nitrogens with one attached hydrogen (secondary N) is 1. The van der Waals surface area contributed by atoms with Gasteiger partial charge in [-0.2, -0.15) is 0 Å². The van der Waals surface area contributed by atoms with Gasteiger partial charge in [-0.25, -0.2) is 4.39 Å². The zero-order chi connectivity index (χ0) is 14.3. The molecule has 0 aromatic heterocycles. The number of hydrogen-bond donors (Lipinski definition) is 2. The van der Waals surface area contributed by atoms with Crippen LogP contribution in [-0.4, -0.2) is 18.5 Å². The van der Waals surface area contributed by atoms with E-state index >= 15 is 0 Å². The van der Waals surface area contributed by atoms with Crippen LogP contribution in [0.1, 0.15) is 31.7 Å². The van der Waals surface area contributed by atoms with Gasteiger partial charge in [-0.1, -0.05) is 37.4 Å². The van der Waals surface area contributed by atoms with Gasteiger partial charge in [0.25, 0.3) is 0 Å². The molecular weight excluding hydrogens is 267 g/mol. The van der Waals surface area contributed by atoms with Crippen LogP contribution in [0.3, 0.4) is 0 Å². The Kier molecular flexibility index (Phi) is 6.81. The SMILES string of the molecule is CCCCC(CN)NC(=O)Cc1c(F)cccc1Cl. The predicted octanol–water partition coefficient (Wildman–Crippen LogP) is 2.66. The van der Waals surface area contributed by atoms with Gasteiger partial charge in [-0.05, 0) is 18.6 Å². The van der Waals surface area contributed by atoms with Gasteiger partial charge in [0.1, 0.15) is 5.82 Å². The fraction of sp³-hybridized carbons (Fsp3) is 0.500. The molecule has 0 aliphatic carbocycles. The fourth-order valence-corrected chi connectivity index (χ4v) is 2.07. The molecule has 0 spiro atoms. The summed E-state index contributed by atoms with van der Waals surface area (Å²) in [5.41, 5.74) is 5.83. The smallest absolute Gasteiger partial charge is 0.224 e. The lowest BCUT2D eigenvalue weighted by molar-refractivity contribution is -0.121. The number of rotatable bonds is 7. The molecule has 1 aromatic rings. The van der Waals surface area contributed by atoms with Crippen molar-refractivity contribution < 1.29 is 9.18 Å². The molecule has 0 aliphatic rings. The van der Waals surface area contributed by atoms with Crippen molar-refractivity contribution in [2.45, 2.75) is 38.6 Å². The highest BCUT2D eigenvalue weighted by Crippen LogP contribution is 2.19. The van der Waals surface area contributed by atoms with E-state index in [1.54, 1.807) is 6.07 Å². The molecule has 1 amide bonds. The maximum absolute atomic E-state index is 13.5. The van der Waals surface area contributed by atoms with Crippen molar-refractivity contribution in [2.24, 2.45) is 5.73 Å². The molecule has 0 bridgehead atoms. The lowest BCUT2D eigenvalue weighted by Crippen LogP contribution is -2.41. The van der Waals surface area contributed by atoms with E-state index in [9.17, 15) is 9.18 Å². The van der Waals surface area contributed by atoms with Gasteiger partial charge in [0.15, 0.2) is 0 Å². The first-order valence-electron chi connectivity index (χ1n) is 6.50. The van der Waals surface area contributed by atoms with Crippen LogP contribution in [-0.2, 0) is 11.2 Å². The van der Waals surface area contributed by atoms with Crippen molar-refractivity contribution in [1.29, 1.82) is 0 Å². The maximum atomic E-state index is 13.5. The number of carbonyl (C=O) groups excluding carboxylic acids is 1. The first-order chi connectivity index (χ1) is 9.08. The molecule has 3 nitrogen and oxygen atoms in total. The maximum Gasteiger partial charge on any atom is 0.224 e. The third-order valence-electron chi connectivity index (χ3n) is 2.95. The Hall–Kier alpha value is -1.13. The number of carbonyl (C=O) groups is 1. The topological polar surface area (TPSA) is 55.1 Å². The van der Waals surface area contributed by atoms with E-state index in [2.05, 4.69) is 12.2 Å². The lowest BCUT2D eigenvalue weighted by atomic mass is 10.1. The van der Waals surface area contributed by atoms with Crippen LogP contribution in [0.15, 0.2) is 18.2 Å². The normalized spacial score (nSPS) is 12.2. The second-order valence-corrected chi connectivity index (χ2v) is 4.93. The van der Waals surface area contributed by atoms with Crippen LogP contribution in [0, 0.1) is 5.82 Å². The molecule has 1 unspecified atom stereocenters. The Morgan fingerprint density at radius 3 is 2.84 bits per heavy atom. The van der Waals surface area contributed by atoms with E-state index in [1.807, 2.05) is 0 Å². The number of hydrogen-bond acceptors (Lipinski definition) is 2. The molecule has 0 fully saturated rings. The largest absolute Gasteiger partial charge is 0.352 e. The first-order valence-corrected chi connectivity index (χ1v) is 6.88. The summed E-state index contributed by atoms with van der Waals surface area (Å²) in [6, 6.07) is 4.33. The first kappa shape index (κ1) is 15.9. The van der Waals surface area contributed by atoms with E-state index in [-0.39, 0.29) is 29.0 Å². The minimum absolute atomic E-state index is 0.0574. The third-order valence-corrected chi connectivity index (χ3v) is 3.31. The molecule has 3 N–H and O–H groups in total. The number of nitrogens with two attached hydrogens (primary N) is 1. The van der Waals surface area contributed by atoms with E-state index in [0.29, 0.717) is 6.54 Å². The van der Waals surface area contributed by atoms with Crippen LogP contribution in [0.4, 0.5) is 4.39 Å². The van der Waals surface area contributed by atoms with Crippen molar-refractivity contribution in [2.75, 3.05) is 6.54 Å². The molecule has 1 atom stereocenters. The molecule has 0 radical (unpaired) electrons. The molecular formula is C14H20ClFN2O. The molecule has 0 heterocycles. The second-order valence-electron chi connectivity index (χ2n) is 4.52. The summed E-state index contributed by atoms with van der Waals surface area (Å²) in [7, 11) is 0. The molecule has 1 aromatic carbocycles. The summed E-state index contributed by atoms with van der Waals surface area (Å²) in [6.45, 7) is 2.46. The number of benzene rings is 1. The Morgan fingerprint density at radius 2 is 2.26 bits per heavy atom. The van der Waals surface area contributed by atoms with Gasteiger partial charge in [0.05, 0.1) is 6.42 Å².